The minimum absolute atomic E-state index is 0.0250. The second-order valence-corrected chi connectivity index (χ2v) is 45.7. The van der Waals surface area contributed by atoms with Crippen LogP contribution in [-0.2, 0) is 82.9 Å². The molecule has 0 saturated carbocycles. The molecule has 0 N–H and O–H groups in total. The summed E-state index contributed by atoms with van der Waals surface area (Å²) in [6, 6.07) is 47.7. The highest BCUT2D eigenvalue weighted by molar-refractivity contribution is 5.72. The van der Waals surface area contributed by atoms with Gasteiger partial charge in [-0.1, -0.05) is 454 Å². The molecule has 0 fully saturated rings. The Hall–Kier alpha value is -6.45. The molecule has 0 amide bonds. The normalized spacial score (nSPS) is 14.1. The largest absolute Gasteiger partial charge is 0.416 e. The van der Waals surface area contributed by atoms with Gasteiger partial charge in [0.25, 0.3) is 0 Å². The van der Waals surface area contributed by atoms with Crippen LogP contribution in [0.2, 0.25) is 0 Å². The van der Waals surface area contributed by atoms with Crippen LogP contribution in [0.15, 0.2) is 164 Å². The summed E-state index contributed by atoms with van der Waals surface area (Å²) in [7, 11) is 0. The maximum absolute atomic E-state index is 12.8. The van der Waals surface area contributed by atoms with Gasteiger partial charge in [-0.2, -0.15) is 13.2 Å². The monoisotopic (exact) mass is 1520 g/mol. The second-order valence-electron chi connectivity index (χ2n) is 45.7. The minimum atomic E-state index is -4.27. The lowest BCUT2D eigenvalue weighted by Gasteiger charge is -2.38. The third kappa shape index (κ3) is 29.7. The molecule has 0 unspecified atom stereocenters. The summed E-state index contributed by atoms with van der Waals surface area (Å²) in [5.74, 6) is 0. The van der Waals surface area contributed by atoms with Crippen LogP contribution in [0.4, 0.5) is 13.2 Å². The van der Waals surface area contributed by atoms with E-state index in [1.165, 1.54) is 72.8 Å². The van der Waals surface area contributed by atoms with E-state index in [2.05, 4.69) is 334 Å². The number of rotatable bonds is 3. The first kappa shape index (κ1) is 88.5. The van der Waals surface area contributed by atoms with Crippen molar-refractivity contribution in [3.8, 4) is 22.3 Å². The highest BCUT2D eigenvalue weighted by Crippen LogP contribution is 2.47. The van der Waals surface area contributed by atoms with Crippen molar-refractivity contribution in [1.82, 2.24) is 0 Å². The third-order valence-electron chi connectivity index (χ3n) is 19.8. The van der Waals surface area contributed by atoms with Crippen LogP contribution >= 0.6 is 0 Å². The Labute approximate surface area is 691 Å². The molecule has 0 aliphatic heterocycles. The Morgan fingerprint density at radius 2 is 0.613 bits per heavy atom. The van der Waals surface area contributed by atoms with Crippen molar-refractivity contribution in [3.05, 3.63) is 258 Å². The van der Waals surface area contributed by atoms with E-state index in [4.69, 9.17) is 8.22 Å². The maximum atomic E-state index is 12.8. The average molecular weight is 1520 g/mol. The molecule has 0 nitrogen and oxygen atoms in total. The Kier molecular flexibility index (Phi) is 28.5. The molecule has 0 spiro atoms. The zero-order valence-electron chi connectivity index (χ0n) is 84.9. The van der Waals surface area contributed by atoms with Gasteiger partial charge in [0.1, 0.15) is 0 Å². The van der Waals surface area contributed by atoms with Gasteiger partial charge in [0.2, 0.25) is 0 Å². The SMILES string of the molecule is CC(C)(C)c1cc(C(C)(C)C)c(C(C)(C)C)c(C(C)(C)C)c1.CC(C)(C)c1ccc(C(C)(C)C)c(C(C)(C)C)c1.CC(C)(C)c1cccc(-c2ccccc2)c1C(C)(C)C.Cc1cccc(C(F)(F)F)c1C(C)(C)C.[2H]C([2H])(c1ccc(C(C)(C)C)cc1)C(C)(C)C.[2H]c1c([2H])c(C)c([2H])c(-c2cccc(C(C)(C)C)c2C(C)(C)C)c1[2H]. The van der Waals surface area contributed by atoms with Crippen molar-refractivity contribution in [1.29, 1.82) is 0 Å². The molecule has 0 heterocycles. The number of benzene rings is 8. The Morgan fingerprint density at radius 3 is 0.946 bits per heavy atom. The smallest absolute Gasteiger partial charge is 0.166 e. The van der Waals surface area contributed by atoms with Crippen LogP contribution in [0, 0.1) is 19.3 Å². The molecule has 0 aliphatic carbocycles. The zero-order chi connectivity index (χ0) is 91.7. The van der Waals surface area contributed by atoms with Crippen LogP contribution in [-0.4, -0.2) is 0 Å². The van der Waals surface area contributed by atoms with E-state index >= 15 is 0 Å². The first-order valence-electron chi connectivity index (χ1n) is 43.9. The van der Waals surface area contributed by atoms with Crippen molar-refractivity contribution in [2.24, 2.45) is 5.41 Å². The number of aryl methyl sites for hydroxylation is 1. The molecule has 8 aromatic rings. The van der Waals surface area contributed by atoms with Crippen LogP contribution < -0.4 is 0 Å². The Morgan fingerprint density at radius 1 is 0.270 bits per heavy atom. The van der Waals surface area contributed by atoms with Crippen molar-refractivity contribution in [2.45, 2.75) is 388 Å². The summed E-state index contributed by atoms with van der Waals surface area (Å²) in [6.45, 7) is 96.6. The molecule has 8 rings (SSSR count). The summed E-state index contributed by atoms with van der Waals surface area (Å²) in [5.41, 5.74) is 23.2. The van der Waals surface area contributed by atoms with Gasteiger partial charge in [-0.15, -0.1) is 0 Å². The van der Waals surface area contributed by atoms with E-state index in [1.54, 1.807) is 46.2 Å². The lowest BCUT2D eigenvalue weighted by atomic mass is 9.66. The van der Waals surface area contributed by atoms with Crippen LogP contribution in [0.5, 0.6) is 0 Å². The molecule has 3 heteroatoms. The fourth-order valence-corrected chi connectivity index (χ4v) is 14.3. The molecule has 0 atom stereocenters. The fraction of sp³-hybridized carbons (Fsp3) is 0.556. The average Bonchev–Trinajstić information content (AvgIpc) is 0.752. The number of hydrogen-bond donors (Lipinski definition) is 0. The lowest BCUT2D eigenvalue weighted by Crippen LogP contribution is -2.29. The molecule has 0 saturated heterocycles. The minimum Gasteiger partial charge on any atom is -0.166 e. The highest BCUT2D eigenvalue weighted by atomic mass is 19.4. The van der Waals surface area contributed by atoms with Crippen molar-refractivity contribution < 1.29 is 21.4 Å². The molecule has 614 valence electrons. The zero-order valence-corrected chi connectivity index (χ0v) is 78.9. The van der Waals surface area contributed by atoms with Gasteiger partial charge in [-0.25, -0.2) is 0 Å². The summed E-state index contributed by atoms with van der Waals surface area (Å²) in [6.07, 6.45) is -5.57. The summed E-state index contributed by atoms with van der Waals surface area (Å²) < 4.78 is 87.7. The molecule has 0 aromatic heterocycles. The van der Waals surface area contributed by atoms with Crippen molar-refractivity contribution in [2.75, 3.05) is 0 Å². The second kappa shape index (κ2) is 35.7. The lowest BCUT2D eigenvalue weighted by molar-refractivity contribution is -0.138. The van der Waals surface area contributed by atoms with Crippen LogP contribution in [0.25, 0.3) is 22.3 Å². The van der Waals surface area contributed by atoms with E-state index in [0.717, 1.165) is 22.8 Å². The summed E-state index contributed by atoms with van der Waals surface area (Å²) in [5, 5.41) is 0. The van der Waals surface area contributed by atoms with E-state index in [-0.39, 0.29) is 89.1 Å². The molecule has 0 aliphatic rings. The molecule has 8 aromatic carbocycles. The molecule has 0 radical (unpaired) electrons. The van der Waals surface area contributed by atoms with Gasteiger partial charge in [-0.3, -0.25) is 0 Å². The predicted octanol–water partition coefficient (Wildman–Crippen LogP) is 33.5. The molecule has 111 heavy (non-hydrogen) atoms. The van der Waals surface area contributed by atoms with E-state index < -0.39 is 28.9 Å². The van der Waals surface area contributed by atoms with Crippen molar-refractivity contribution >= 4 is 0 Å². The van der Waals surface area contributed by atoms with E-state index in [0.29, 0.717) is 22.3 Å². The standard InChI is InChI=1S/C22H38.C21H28.C20H26.C18H30.C15H24.C12H15F3/c1-19(2,3)15-13-16(20(4,5)6)18(22(10,11)12)17(14-15)21(7,8)9;1-15-10-8-11-16(14-15)17-12-9-13-18(20(2,3)4)19(17)21(5,6)7;1-19(2,3)17-14-10-13-16(18(17)20(4,5)6)15-11-8-7-9-12-15;1-16(2,3)13-10-11-14(17(4,5)6)15(12-13)18(7,8)9;1-14(2,3)11-12-7-9-13(10-8-12)15(4,5)6;1-8-6-5-7-9(12(13,14)15)10(8)11(2,3)4/h13-14H,1-12H3;8-14H,1-7H3;7-14H,1-6H3;10-12H,1-9H3;7-10H,11H2,1-6H3;5-7H,1-4H3/i;8D,10D,11D,14D;;;11D2;. The van der Waals surface area contributed by atoms with E-state index in [1.807, 2.05) is 57.2 Å². The number of alkyl halides is 3. The molecule has 0 bridgehead atoms. The Balaban J connectivity index is 0.000000366. The third-order valence-corrected chi connectivity index (χ3v) is 19.8. The van der Waals surface area contributed by atoms with Crippen molar-refractivity contribution in [3.63, 3.8) is 0 Å². The maximum Gasteiger partial charge on any atom is 0.416 e. The summed E-state index contributed by atoms with van der Waals surface area (Å²) in [4.78, 5) is 0. The van der Waals surface area contributed by atoms with Crippen LogP contribution in [0.3, 0.4) is 0 Å². The summed E-state index contributed by atoms with van der Waals surface area (Å²) >= 11 is 0. The van der Waals surface area contributed by atoms with Gasteiger partial charge in [0, 0.05) is 2.74 Å². The predicted molar refractivity (Wildman–Crippen MR) is 490 cm³/mol. The van der Waals surface area contributed by atoms with Gasteiger partial charge in [-0.05, 0) is 208 Å². The number of hydrogen-bond acceptors (Lipinski definition) is 0. The highest BCUT2D eigenvalue weighted by Gasteiger charge is 2.38. The quantitative estimate of drug-likeness (QED) is 0.165. The first-order valence-corrected chi connectivity index (χ1v) is 40.9. The Bertz CT molecular complexity index is 4550. The van der Waals surface area contributed by atoms with Gasteiger partial charge in [0.05, 0.1) is 11.0 Å². The molecular weight excluding hydrogens is 1350 g/mol. The van der Waals surface area contributed by atoms with Crippen LogP contribution in [0.1, 0.15) is 394 Å². The van der Waals surface area contributed by atoms with Gasteiger partial charge in [0.15, 0.2) is 0 Å². The van der Waals surface area contributed by atoms with Gasteiger partial charge < -0.3 is 0 Å². The number of halogens is 3. The fourth-order valence-electron chi connectivity index (χ4n) is 14.3. The first-order chi connectivity index (χ1) is 51.9. The molecular formula is C108H161F3. The van der Waals surface area contributed by atoms with Gasteiger partial charge >= 0.3 is 6.18 Å². The van der Waals surface area contributed by atoms with E-state index in [9.17, 15) is 13.2 Å². The topological polar surface area (TPSA) is 0 Å².